The van der Waals surface area contributed by atoms with Crippen molar-refractivity contribution in [3.05, 3.63) is 47.7 Å². The first-order chi connectivity index (χ1) is 14.1. The Balaban J connectivity index is 1.59. The number of anilines is 1. The summed E-state index contributed by atoms with van der Waals surface area (Å²) in [4.78, 5) is 6.87. The number of hydrogen-bond donors (Lipinski definition) is 1. The molecule has 154 valence electrons. The number of benzene rings is 1. The molecule has 2 aromatic rings. The molecule has 1 aromatic heterocycles. The SMILES string of the molecule is COc1ccc(C23CC/C(=N/Nc4ncccc4C)CC2N(C)CC3)cc1OC. The first-order valence-corrected chi connectivity index (χ1v) is 10.2. The quantitative estimate of drug-likeness (QED) is 0.777. The first kappa shape index (κ1) is 19.7. The van der Waals surface area contributed by atoms with E-state index in [4.69, 9.17) is 14.6 Å². The van der Waals surface area contributed by atoms with Gasteiger partial charge in [0.2, 0.25) is 0 Å². The van der Waals surface area contributed by atoms with Gasteiger partial charge in [-0.2, -0.15) is 5.10 Å². The number of nitrogens with one attached hydrogen (secondary N) is 1. The number of aromatic nitrogens is 1. The summed E-state index contributed by atoms with van der Waals surface area (Å²) in [7, 11) is 5.61. The summed E-state index contributed by atoms with van der Waals surface area (Å²) in [6.45, 7) is 3.14. The molecule has 2 fully saturated rings. The van der Waals surface area contributed by atoms with E-state index in [1.165, 1.54) is 11.3 Å². The van der Waals surface area contributed by atoms with Gasteiger partial charge in [-0.15, -0.1) is 0 Å². The van der Waals surface area contributed by atoms with Crippen LogP contribution in [0.3, 0.4) is 0 Å². The van der Waals surface area contributed by atoms with Crippen LogP contribution in [0.2, 0.25) is 0 Å². The molecule has 2 atom stereocenters. The predicted octanol–water partition coefficient (Wildman–Crippen LogP) is 4.00. The molecular weight excluding hydrogens is 364 g/mol. The zero-order valence-corrected chi connectivity index (χ0v) is 17.7. The molecule has 4 rings (SSSR count). The second-order valence-electron chi connectivity index (χ2n) is 8.14. The summed E-state index contributed by atoms with van der Waals surface area (Å²) in [5.41, 5.74) is 6.98. The van der Waals surface area contributed by atoms with Gasteiger partial charge in [0, 0.05) is 29.8 Å². The number of likely N-dealkylation sites (tertiary alicyclic amines) is 1. The molecule has 6 heteroatoms. The summed E-state index contributed by atoms with van der Waals surface area (Å²) in [6, 6.07) is 10.8. The van der Waals surface area contributed by atoms with E-state index in [1.807, 2.05) is 25.1 Å². The molecule has 2 aliphatic rings. The van der Waals surface area contributed by atoms with Crippen LogP contribution in [0, 0.1) is 6.92 Å². The zero-order valence-electron chi connectivity index (χ0n) is 17.7. The maximum absolute atomic E-state index is 5.58. The Bertz CT molecular complexity index is 914. The zero-order chi connectivity index (χ0) is 20.4. The van der Waals surface area contributed by atoms with Crippen molar-refractivity contribution in [2.24, 2.45) is 5.10 Å². The van der Waals surface area contributed by atoms with E-state index in [1.54, 1.807) is 20.4 Å². The first-order valence-electron chi connectivity index (χ1n) is 10.2. The largest absolute Gasteiger partial charge is 0.493 e. The number of hydrogen-bond acceptors (Lipinski definition) is 6. The fourth-order valence-electron chi connectivity index (χ4n) is 4.92. The Labute approximate surface area is 172 Å². The van der Waals surface area contributed by atoms with Gasteiger partial charge in [0.15, 0.2) is 11.5 Å². The van der Waals surface area contributed by atoms with Crippen molar-refractivity contribution < 1.29 is 9.47 Å². The van der Waals surface area contributed by atoms with E-state index in [2.05, 4.69) is 34.5 Å². The molecule has 1 saturated heterocycles. The van der Waals surface area contributed by atoms with E-state index < -0.39 is 0 Å². The summed E-state index contributed by atoms with van der Waals surface area (Å²) in [5.74, 6) is 2.42. The highest BCUT2D eigenvalue weighted by atomic mass is 16.5. The third-order valence-electron chi connectivity index (χ3n) is 6.66. The number of nitrogens with zero attached hydrogens (tertiary/aromatic N) is 3. The Morgan fingerprint density at radius 2 is 2.00 bits per heavy atom. The van der Waals surface area contributed by atoms with Gasteiger partial charge in [0.1, 0.15) is 5.82 Å². The lowest BCUT2D eigenvalue weighted by molar-refractivity contribution is 0.226. The van der Waals surface area contributed by atoms with Crippen molar-refractivity contribution in [3.8, 4) is 11.5 Å². The lowest BCUT2D eigenvalue weighted by Gasteiger charge is -2.42. The average molecular weight is 395 g/mol. The number of ether oxygens (including phenoxy) is 2. The number of hydrazone groups is 1. The molecule has 2 unspecified atom stereocenters. The summed E-state index contributed by atoms with van der Waals surface area (Å²) < 4.78 is 11.0. The van der Waals surface area contributed by atoms with E-state index >= 15 is 0 Å². The van der Waals surface area contributed by atoms with E-state index in [9.17, 15) is 0 Å². The molecule has 0 amide bonds. The maximum Gasteiger partial charge on any atom is 0.161 e. The van der Waals surface area contributed by atoms with Crippen molar-refractivity contribution in [2.45, 2.75) is 44.1 Å². The number of fused-ring (bicyclic) bond motifs is 1. The second kappa shape index (κ2) is 8.03. The van der Waals surface area contributed by atoms with Crippen LogP contribution in [-0.2, 0) is 5.41 Å². The summed E-state index contributed by atoms with van der Waals surface area (Å²) in [5, 5.41) is 4.73. The average Bonchev–Trinajstić information content (AvgIpc) is 3.10. The van der Waals surface area contributed by atoms with Gasteiger partial charge in [-0.1, -0.05) is 12.1 Å². The van der Waals surface area contributed by atoms with Crippen molar-refractivity contribution in [1.29, 1.82) is 0 Å². The van der Waals surface area contributed by atoms with Gasteiger partial charge >= 0.3 is 0 Å². The number of methoxy groups -OCH3 is 2. The lowest BCUT2D eigenvalue weighted by Crippen LogP contribution is -2.46. The molecule has 2 heterocycles. The lowest BCUT2D eigenvalue weighted by atomic mass is 9.65. The normalized spacial score (nSPS) is 25.7. The van der Waals surface area contributed by atoms with Crippen LogP contribution in [0.1, 0.15) is 36.8 Å². The van der Waals surface area contributed by atoms with Crippen LogP contribution in [0.4, 0.5) is 5.82 Å². The topological polar surface area (TPSA) is 59.0 Å². The van der Waals surface area contributed by atoms with Crippen molar-refractivity contribution in [1.82, 2.24) is 9.88 Å². The fourth-order valence-corrected chi connectivity index (χ4v) is 4.92. The molecule has 6 nitrogen and oxygen atoms in total. The van der Waals surface area contributed by atoms with Crippen molar-refractivity contribution >= 4 is 11.5 Å². The molecular formula is C23H30N4O2. The minimum atomic E-state index is 0.133. The standard InChI is InChI=1S/C23H30N4O2/c1-16-6-5-12-24-22(16)26-25-18-9-10-23(11-13-27(2)21(23)15-18)17-7-8-19(28-3)20(14-17)29-4/h5-8,12,14,21H,9-11,13,15H2,1-4H3,(H,24,26)/b25-18-. The molecule has 0 bridgehead atoms. The molecule has 1 aliphatic heterocycles. The highest BCUT2D eigenvalue weighted by Gasteiger charge is 2.49. The molecule has 0 spiro atoms. The van der Waals surface area contributed by atoms with Crippen molar-refractivity contribution in [2.75, 3.05) is 33.2 Å². The summed E-state index contributed by atoms with van der Waals surface area (Å²) in [6.07, 6.45) is 5.98. The van der Waals surface area contributed by atoms with E-state index in [0.717, 1.165) is 55.1 Å². The third kappa shape index (κ3) is 3.57. The Morgan fingerprint density at radius 1 is 1.17 bits per heavy atom. The highest BCUT2D eigenvalue weighted by molar-refractivity contribution is 5.87. The number of aryl methyl sites for hydroxylation is 1. The van der Waals surface area contributed by atoms with Crippen LogP contribution in [-0.4, -0.2) is 49.4 Å². The fraction of sp³-hybridized carbons (Fsp3) is 0.478. The Morgan fingerprint density at radius 3 is 2.76 bits per heavy atom. The van der Waals surface area contributed by atoms with Crippen LogP contribution in [0.25, 0.3) is 0 Å². The van der Waals surface area contributed by atoms with Gasteiger partial charge in [-0.3, -0.25) is 5.43 Å². The number of likely N-dealkylation sites (N-methyl/N-ethyl adjacent to an activating group) is 1. The van der Waals surface area contributed by atoms with E-state index in [-0.39, 0.29) is 5.41 Å². The monoisotopic (exact) mass is 394 g/mol. The molecule has 1 N–H and O–H groups in total. The van der Waals surface area contributed by atoms with E-state index in [0.29, 0.717) is 6.04 Å². The van der Waals surface area contributed by atoms with Crippen molar-refractivity contribution in [3.63, 3.8) is 0 Å². The van der Waals surface area contributed by atoms with Crippen LogP contribution in [0.5, 0.6) is 11.5 Å². The molecule has 0 radical (unpaired) electrons. The van der Waals surface area contributed by atoms with Crippen LogP contribution < -0.4 is 14.9 Å². The number of rotatable bonds is 5. The van der Waals surface area contributed by atoms with Gasteiger partial charge in [-0.25, -0.2) is 4.98 Å². The predicted molar refractivity (Wildman–Crippen MR) is 116 cm³/mol. The molecule has 29 heavy (non-hydrogen) atoms. The maximum atomic E-state index is 5.58. The van der Waals surface area contributed by atoms with Gasteiger partial charge < -0.3 is 14.4 Å². The Hall–Kier alpha value is -2.60. The second-order valence-corrected chi connectivity index (χ2v) is 8.14. The smallest absolute Gasteiger partial charge is 0.161 e. The summed E-state index contributed by atoms with van der Waals surface area (Å²) >= 11 is 0. The highest BCUT2D eigenvalue weighted by Crippen LogP contribution is 2.49. The van der Waals surface area contributed by atoms with Crippen LogP contribution >= 0.6 is 0 Å². The Kier molecular flexibility index (Phi) is 5.46. The molecule has 1 aliphatic carbocycles. The number of pyridine rings is 1. The molecule has 1 aromatic carbocycles. The van der Waals surface area contributed by atoms with Gasteiger partial charge in [0.05, 0.1) is 14.2 Å². The van der Waals surface area contributed by atoms with Gasteiger partial charge in [-0.05, 0) is 69.1 Å². The minimum absolute atomic E-state index is 0.133. The third-order valence-corrected chi connectivity index (χ3v) is 6.66. The van der Waals surface area contributed by atoms with Gasteiger partial charge in [0.25, 0.3) is 0 Å². The molecule has 1 saturated carbocycles. The van der Waals surface area contributed by atoms with Crippen LogP contribution in [0.15, 0.2) is 41.6 Å². The minimum Gasteiger partial charge on any atom is -0.493 e.